The number of hydrogen-bond donors (Lipinski definition) is 1. The maximum absolute atomic E-state index is 12.8. The van der Waals surface area contributed by atoms with Crippen LogP contribution in [0.15, 0.2) is 72.9 Å². The monoisotopic (exact) mass is 346 g/mol. The van der Waals surface area contributed by atoms with E-state index in [9.17, 15) is 9.59 Å². The van der Waals surface area contributed by atoms with Gasteiger partial charge in [0.1, 0.15) is 6.54 Å². The molecule has 1 amide bonds. The van der Waals surface area contributed by atoms with Gasteiger partial charge < -0.3 is 9.88 Å². The molecule has 3 rings (SSSR count). The molecule has 0 unspecified atom stereocenters. The number of carbonyl (C=O) groups excluding carboxylic acids is 2. The van der Waals surface area contributed by atoms with Gasteiger partial charge >= 0.3 is 0 Å². The normalized spacial score (nSPS) is 11.8. The zero-order valence-electron chi connectivity index (χ0n) is 15.0. The summed E-state index contributed by atoms with van der Waals surface area (Å²) in [6, 6.07) is 20.7. The molecule has 0 saturated heterocycles. The summed E-state index contributed by atoms with van der Waals surface area (Å²) in [4.78, 5) is 25.3. The largest absolute Gasteiger partial charge is 0.348 e. The van der Waals surface area contributed by atoms with E-state index in [1.165, 1.54) is 0 Å². The number of carbonyl (C=O) groups is 2. The van der Waals surface area contributed by atoms with Gasteiger partial charge in [-0.1, -0.05) is 54.6 Å². The van der Waals surface area contributed by atoms with Crippen molar-refractivity contribution in [3.63, 3.8) is 0 Å². The van der Waals surface area contributed by atoms with Gasteiger partial charge in [0, 0.05) is 11.8 Å². The molecule has 4 nitrogen and oxygen atoms in total. The molecule has 4 heteroatoms. The number of nitrogens with one attached hydrogen (secondary N) is 1. The van der Waals surface area contributed by atoms with Crippen LogP contribution in [-0.4, -0.2) is 16.3 Å². The molecule has 3 aromatic rings. The van der Waals surface area contributed by atoms with Crippen LogP contribution in [0.25, 0.3) is 0 Å². The predicted octanol–water partition coefficient (Wildman–Crippen LogP) is 3.90. The van der Waals surface area contributed by atoms with Gasteiger partial charge in [-0.15, -0.1) is 0 Å². The van der Waals surface area contributed by atoms with Crippen molar-refractivity contribution in [2.45, 2.75) is 26.4 Å². The van der Waals surface area contributed by atoms with E-state index in [1.54, 1.807) is 22.9 Å². The molecule has 1 atom stereocenters. The molecule has 0 radical (unpaired) electrons. The molecule has 0 aliphatic heterocycles. The van der Waals surface area contributed by atoms with Crippen molar-refractivity contribution in [1.29, 1.82) is 0 Å². The minimum absolute atomic E-state index is 0.0722. The molecule has 0 bridgehead atoms. The van der Waals surface area contributed by atoms with E-state index in [4.69, 9.17) is 0 Å². The first-order chi connectivity index (χ1) is 12.6. The van der Waals surface area contributed by atoms with Gasteiger partial charge in [-0.3, -0.25) is 9.59 Å². The lowest BCUT2D eigenvalue weighted by Crippen LogP contribution is -2.30. The van der Waals surface area contributed by atoms with Crippen LogP contribution < -0.4 is 5.32 Å². The Bertz CT molecular complexity index is 913. The summed E-state index contributed by atoms with van der Waals surface area (Å²) < 4.78 is 1.70. The molecule has 0 spiro atoms. The number of aryl methyl sites for hydroxylation is 1. The summed E-state index contributed by atoms with van der Waals surface area (Å²) >= 11 is 0. The average molecular weight is 346 g/mol. The molecule has 2 aromatic carbocycles. The van der Waals surface area contributed by atoms with Crippen LogP contribution in [0.1, 0.15) is 40.1 Å². The van der Waals surface area contributed by atoms with E-state index < -0.39 is 0 Å². The van der Waals surface area contributed by atoms with Gasteiger partial charge in [-0.25, -0.2) is 0 Å². The number of hydrogen-bond acceptors (Lipinski definition) is 2. The van der Waals surface area contributed by atoms with Crippen molar-refractivity contribution in [1.82, 2.24) is 9.88 Å². The Kier molecular flexibility index (Phi) is 5.32. The Hall–Kier alpha value is -3.14. The van der Waals surface area contributed by atoms with Crippen LogP contribution in [0.2, 0.25) is 0 Å². The third kappa shape index (κ3) is 3.91. The van der Waals surface area contributed by atoms with Gasteiger partial charge in [0.05, 0.1) is 11.7 Å². The molecular weight excluding hydrogens is 324 g/mol. The molecule has 0 fully saturated rings. The first-order valence-corrected chi connectivity index (χ1v) is 8.66. The van der Waals surface area contributed by atoms with E-state index in [-0.39, 0.29) is 24.3 Å². The zero-order chi connectivity index (χ0) is 18.5. The van der Waals surface area contributed by atoms with Crippen LogP contribution in [0.5, 0.6) is 0 Å². The van der Waals surface area contributed by atoms with Crippen LogP contribution in [0.4, 0.5) is 0 Å². The molecule has 1 aromatic heterocycles. The van der Waals surface area contributed by atoms with E-state index >= 15 is 0 Å². The first kappa shape index (κ1) is 17.7. The SMILES string of the molecule is Cc1ccccc1C(=O)c1cccn1CC(=O)N[C@@H](C)c1ccccc1. The fourth-order valence-corrected chi connectivity index (χ4v) is 2.99. The Balaban J connectivity index is 1.72. The standard InChI is InChI=1S/C22H22N2O2/c1-16-9-6-7-12-19(16)22(26)20-13-8-14-24(20)15-21(25)23-17(2)18-10-4-3-5-11-18/h3-14,17H,15H2,1-2H3,(H,23,25)/t17-/m0/s1. The summed E-state index contributed by atoms with van der Waals surface area (Å²) in [6.07, 6.45) is 1.76. The van der Waals surface area contributed by atoms with Gasteiger partial charge in [-0.2, -0.15) is 0 Å². The fourth-order valence-electron chi connectivity index (χ4n) is 2.99. The topological polar surface area (TPSA) is 51.1 Å². The summed E-state index contributed by atoms with van der Waals surface area (Å²) in [6.45, 7) is 3.97. The molecule has 1 heterocycles. The Morgan fingerprint density at radius 2 is 1.65 bits per heavy atom. The second kappa shape index (κ2) is 7.83. The molecule has 26 heavy (non-hydrogen) atoms. The lowest BCUT2D eigenvalue weighted by Gasteiger charge is -2.15. The Labute approximate surface area is 153 Å². The minimum Gasteiger partial charge on any atom is -0.348 e. The molecule has 132 valence electrons. The van der Waals surface area contributed by atoms with E-state index in [0.29, 0.717) is 11.3 Å². The van der Waals surface area contributed by atoms with Gasteiger partial charge in [0.25, 0.3) is 0 Å². The maximum Gasteiger partial charge on any atom is 0.240 e. The highest BCUT2D eigenvalue weighted by Gasteiger charge is 2.17. The van der Waals surface area contributed by atoms with Crippen molar-refractivity contribution in [3.05, 3.63) is 95.3 Å². The number of benzene rings is 2. The van der Waals surface area contributed by atoms with Gasteiger partial charge in [-0.05, 0) is 37.1 Å². The van der Waals surface area contributed by atoms with Crippen molar-refractivity contribution in [3.8, 4) is 0 Å². The highest BCUT2D eigenvalue weighted by atomic mass is 16.2. The van der Waals surface area contributed by atoms with E-state index in [1.807, 2.05) is 68.4 Å². The third-order valence-electron chi connectivity index (χ3n) is 4.44. The summed E-state index contributed by atoms with van der Waals surface area (Å²) in [7, 11) is 0. The Morgan fingerprint density at radius 3 is 2.38 bits per heavy atom. The predicted molar refractivity (Wildman–Crippen MR) is 102 cm³/mol. The average Bonchev–Trinajstić information content (AvgIpc) is 3.10. The minimum atomic E-state index is -0.128. The number of nitrogens with zero attached hydrogens (tertiary/aromatic N) is 1. The molecule has 1 N–H and O–H groups in total. The van der Waals surface area contributed by atoms with Gasteiger partial charge in [0.15, 0.2) is 0 Å². The van der Waals surface area contributed by atoms with Crippen molar-refractivity contribution in [2.75, 3.05) is 0 Å². The van der Waals surface area contributed by atoms with Crippen LogP contribution >= 0.6 is 0 Å². The quantitative estimate of drug-likeness (QED) is 0.688. The molecule has 0 saturated carbocycles. The Morgan fingerprint density at radius 1 is 0.962 bits per heavy atom. The molecule has 0 aliphatic carbocycles. The van der Waals surface area contributed by atoms with Crippen molar-refractivity contribution >= 4 is 11.7 Å². The van der Waals surface area contributed by atoms with Crippen LogP contribution in [0, 0.1) is 6.92 Å². The van der Waals surface area contributed by atoms with Crippen molar-refractivity contribution < 1.29 is 9.59 Å². The second-order valence-electron chi connectivity index (χ2n) is 6.37. The number of rotatable bonds is 6. The number of amides is 1. The maximum atomic E-state index is 12.8. The number of ketones is 1. The number of aromatic nitrogens is 1. The fraction of sp³-hybridized carbons (Fsp3) is 0.182. The van der Waals surface area contributed by atoms with E-state index in [2.05, 4.69) is 5.32 Å². The summed E-state index contributed by atoms with van der Waals surface area (Å²) in [5.74, 6) is -0.201. The summed E-state index contributed by atoms with van der Waals surface area (Å²) in [5, 5.41) is 2.98. The molecular formula is C22H22N2O2. The van der Waals surface area contributed by atoms with Crippen LogP contribution in [-0.2, 0) is 11.3 Å². The molecule has 0 aliphatic rings. The highest BCUT2D eigenvalue weighted by molar-refractivity contribution is 6.09. The zero-order valence-corrected chi connectivity index (χ0v) is 15.0. The second-order valence-corrected chi connectivity index (χ2v) is 6.37. The van der Waals surface area contributed by atoms with Crippen molar-refractivity contribution in [2.24, 2.45) is 0 Å². The highest BCUT2D eigenvalue weighted by Crippen LogP contribution is 2.15. The smallest absolute Gasteiger partial charge is 0.240 e. The lowest BCUT2D eigenvalue weighted by atomic mass is 10.0. The summed E-state index contributed by atoms with van der Waals surface area (Å²) in [5.41, 5.74) is 3.14. The van der Waals surface area contributed by atoms with E-state index in [0.717, 1.165) is 11.1 Å². The third-order valence-corrected chi connectivity index (χ3v) is 4.44. The van der Waals surface area contributed by atoms with Gasteiger partial charge in [0.2, 0.25) is 11.7 Å². The van der Waals surface area contributed by atoms with Crippen LogP contribution in [0.3, 0.4) is 0 Å². The lowest BCUT2D eigenvalue weighted by molar-refractivity contribution is -0.122. The first-order valence-electron chi connectivity index (χ1n) is 8.66.